The SMILES string of the molecule is C[NH+]1CCN(NC(=O)c2ccc(-c3ccccc3)cc2)CC1. The van der Waals surface area contributed by atoms with E-state index in [9.17, 15) is 4.79 Å². The Bertz CT molecular complexity index is 617. The molecule has 1 fully saturated rings. The zero-order valence-electron chi connectivity index (χ0n) is 12.9. The second-order valence-electron chi connectivity index (χ2n) is 5.83. The third-order valence-corrected chi connectivity index (χ3v) is 4.13. The number of hydrogen-bond acceptors (Lipinski definition) is 2. The minimum absolute atomic E-state index is 0.0286. The topological polar surface area (TPSA) is 36.8 Å². The van der Waals surface area contributed by atoms with Gasteiger partial charge in [-0.15, -0.1) is 0 Å². The average Bonchev–Trinajstić information content (AvgIpc) is 2.58. The Hall–Kier alpha value is -2.17. The van der Waals surface area contributed by atoms with Crippen LogP contribution in [0.25, 0.3) is 11.1 Å². The summed E-state index contributed by atoms with van der Waals surface area (Å²) in [7, 11) is 2.18. The summed E-state index contributed by atoms with van der Waals surface area (Å²) in [6.07, 6.45) is 0. The Morgan fingerprint density at radius 1 is 0.955 bits per heavy atom. The maximum absolute atomic E-state index is 12.3. The summed E-state index contributed by atoms with van der Waals surface area (Å²) in [5.41, 5.74) is 5.98. The maximum atomic E-state index is 12.3. The van der Waals surface area contributed by atoms with Crippen LogP contribution in [0.5, 0.6) is 0 Å². The highest BCUT2D eigenvalue weighted by atomic mass is 16.2. The van der Waals surface area contributed by atoms with Crippen molar-refractivity contribution in [2.45, 2.75) is 0 Å². The predicted molar refractivity (Wildman–Crippen MR) is 87.5 cm³/mol. The van der Waals surface area contributed by atoms with E-state index in [-0.39, 0.29) is 5.91 Å². The van der Waals surface area contributed by atoms with Crippen LogP contribution in [0, 0.1) is 0 Å². The third kappa shape index (κ3) is 3.53. The van der Waals surface area contributed by atoms with Crippen LogP contribution in [0.1, 0.15) is 10.4 Å². The van der Waals surface area contributed by atoms with E-state index in [1.165, 1.54) is 4.90 Å². The number of nitrogens with one attached hydrogen (secondary N) is 2. The molecule has 0 radical (unpaired) electrons. The summed E-state index contributed by atoms with van der Waals surface area (Å²) in [4.78, 5) is 13.8. The molecule has 1 heterocycles. The van der Waals surface area contributed by atoms with Crippen LogP contribution in [0.4, 0.5) is 0 Å². The highest BCUT2D eigenvalue weighted by molar-refractivity contribution is 5.94. The first-order chi connectivity index (χ1) is 10.7. The number of amides is 1. The molecule has 0 atom stereocenters. The average molecular weight is 296 g/mol. The van der Waals surface area contributed by atoms with E-state index in [1.54, 1.807) is 0 Å². The van der Waals surface area contributed by atoms with Gasteiger partial charge in [-0.05, 0) is 23.3 Å². The van der Waals surface area contributed by atoms with Crippen LogP contribution in [0.15, 0.2) is 54.6 Å². The minimum Gasteiger partial charge on any atom is -0.335 e. The van der Waals surface area contributed by atoms with Gasteiger partial charge < -0.3 is 4.90 Å². The van der Waals surface area contributed by atoms with Gasteiger partial charge in [0.05, 0.1) is 33.2 Å². The van der Waals surface area contributed by atoms with E-state index < -0.39 is 0 Å². The number of hydrogen-bond donors (Lipinski definition) is 2. The number of likely N-dealkylation sites (N-methyl/N-ethyl adjacent to an activating group) is 1. The molecule has 0 spiro atoms. The van der Waals surface area contributed by atoms with Gasteiger partial charge in [-0.25, -0.2) is 5.01 Å². The van der Waals surface area contributed by atoms with Crippen molar-refractivity contribution < 1.29 is 9.69 Å². The Kier molecular flexibility index (Phi) is 4.51. The molecule has 0 unspecified atom stereocenters. The van der Waals surface area contributed by atoms with E-state index in [4.69, 9.17) is 0 Å². The van der Waals surface area contributed by atoms with E-state index in [2.05, 4.69) is 24.6 Å². The van der Waals surface area contributed by atoms with Crippen LogP contribution >= 0.6 is 0 Å². The lowest BCUT2D eigenvalue weighted by atomic mass is 10.0. The van der Waals surface area contributed by atoms with E-state index in [0.29, 0.717) is 5.56 Å². The molecule has 1 aliphatic rings. The maximum Gasteiger partial charge on any atom is 0.265 e. The van der Waals surface area contributed by atoms with Crippen molar-refractivity contribution in [1.82, 2.24) is 10.4 Å². The molecule has 1 amide bonds. The fourth-order valence-electron chi connectivity index (χ4n) is 2.65. The van der Waals surface area contributed by atoms with E-state index in [1.807, 2.05) is 47.5 Å². The zero-order chi connectivity index (χ0) is 15.4. The molecule has 1 saturated heterocycles. The number of quaternary nitrogens is 1. The minimum atomic E-state index is -0.0286. The molecule has 22 heavy (non-hydrogen) atoms. The van der Waals surface area contributed by atoms with Crippen molar-refractivity contribution >= 4 is 5.91 Å². The first kappa shape index (κ1) is 14.8. The molecule has 114 valence electrons. The normalized spacial score (nSPS) is 16.4. The number of hydrazine groups is 1. The second-order valence-corrected chi connectivity index (χ2v) is 5.83. The summed E-state index contributed by atoms with van der Waals surface area (Å²) in [5, 5.41) is 2.01. The van der Waals surface area contributed by atoms with Crippen LogP contribution in [0.2, 0.25) is 0 Å². The molecule has 2 aromatic rings. The van der Waals surface area contributed by atoms with Gasteiger partial charge in [0.2, 0.25) is 0 Å². The van der Waals surface area contributed by atoms with Crippen molar-refractivity contribution in [2.75, 3.05) is 33.2 Å². The lowest BCUT2D eigenvalue weighted by Crippen LogP contribution is -3.12. The van der Waals surface area contributed by atoms with Crippen molar-refractivity contribution in [2.24, 2.45) is 0 Å². The lowest BCUT2D eigenvalue weighted by molar-refractivity contribution is -0.884. The molecule has 0 bridgehead atoms. The number of benzene rings is 2. The Morgan fingerprint density at radius 3 is 2.18 bits per heavy atom. The molecule has 0 saturated carbocycles. The van der Waals surface area contributed by atoms with Gasteiger partial charge in [0, 0.05) is 5.56 Å². The van der Waals surface area contributed by atoms with Crippen LogP contribution in [-0.2, 0) is 0 Å². The Morgan fingerprint density at radius 2 is 1.55 bits per heavy atom. The van der Waals surface area contributed by atoms with Gasteiger partial charge in [0.1, 0.15) is 0 Å². The number of carbonyl (C=O) groups is 1. The number of carbonyl (C=O) groups excluding carboxylic acids is 1. The monoisotopic (exact) mass is 296 g/mol. The predicted octanol–water partition coefficient (Wildman–Crippen LogP) is 0.829. The van der Waals surface area contributed by atoms with E-state index >= 15 is 0 Å². The van der Waals surface area contributed by atoms with Gasteiger partial charge in [0.25, 0.3) is 5.91 Å². The molecule has 4 nitrogen and oxygen atoms in total. The molecule has 3 rings (SSSR count). The molecule has 2 N–H and O–H groups in total. The van der Waals surface area contributed by atoms with Crippen LogP contribution < -0.4 is 10.3 Å². The second kappa shape index (κ2) is 6.73. The summed E-state index contributed by atoms with van der Waals surface area (Å²) < 4.78 is 0. The zero-order valence-corrected chi connectivity index (χ0v) is 12.9. The van der Waals surface area contributed by atoms with Gasteiger partial charge in [-0.3, -0.25) is 10.2 Å². The smallest absolute Gasteiger partial charge is 0.265 e. The Labute approximate surface area is 131 Å². The number of rotatable bonds is 3. The van der Waals surface area contributed by atoms with E-state index in [0.717, 1.165) is 37.3 Å². The molecule has 0 aromatic heterocycles. The fourth-order valence-corrected chi connectivity index (χ4v) is 2.65. The third-order valence-electron chi connectivity index (χ3n) is 4.13. The number of piperazine rings is 1. The molecule has 0 aliphatic carbocycles. The fraction of sp³-hybridized carbons (Fsp3) is 0.278. The van der Waals surface area contributed by atoms with Crippen molar-refractivity contribution in [1.29, 1.82) is 0 Å². The van der Waals surface area contributed by atoms with Crippen molar-refractivity contribution in [3.8, 4) is 11.1 Å². The van der Waals surface area contributed by atoms with Gasteiger partial charge in [0.15, 0.2) is 0 Å². The Balaban J connectivity index is 1.64. The highest BCUT2D eigenvalue weighted by Crippen LogP contribution is 2.19. The van der Waals surface area contributed by atoms with Gasteiger partial charge >= 0.3 is 0 Å². The molecule has 4 heteroatoms. The quantitative estimate of drug-likeness (QED) is 0.880. The van der Waals surface area contributed by atoms with Crippen molar-refractivity contribution in [3.05, 3.63) is 60.2 Å². The largest absolute Gasteiger partial charge is 0.335 e. The summed E-state index contributed by atoms with van der Waals surface area (Å²) >= 11 is 0. The first-order valence-electron chi connectivity index (χ1n) is 7.75. The highest BCUT2D eigenvalue weighted by Gasteiger charge is 2.18. The molecular weight excluding hydrogens is 274 g/mol. The van der Waals surface area contributed by atoms with Crippen molar-refractivity contribution in [3.63, 3.8) is 0 Å². The summed E-state index contributed by atoms with van der Waals surface area (Å²) in [6, 6.07) is 18.0. The number of nitrogens with zero attached hydrogens (tertiary/aromatic N) is 1. The summed E-state index contributed by atoms with van der Waals surface area (Å²) in [5.74, 6) is -0.0286. The molecule has 1 aliphatic heterocycles. The van der Waals surface area contributed by atoms with Crippen LogP contribution in [-0.4, -0.2) is 44.1 Å². The van der Waals surface area contributed by atoms with Gasteiger partial charge in [-0.2, -0.15) is 0 Å². The molecule has 2 aromatic carbocycles. The standard InChI is InChI=1S/C18H21N3O/c1-20-11-13-21(14-12-20)19-18(22)17-9-7-16(8-10-17)15-5-3-2-4-6-15/h2-10H,11-14H2,1H3,(H,19,22)/p+1. The van der Waals surface area contributed by atoms with Crippen LogP contribution in [0.3, 0.4) is 0 Å². The molecular formula is C18H22N3O+. The van der Waals surface area contributed by atoms with Gasteiger partial charge in [-0.1, -0.05) is 42.5 Å². The lowest BCUT2D eigenvalue weighted by Gasteiger charge is -2.30. The first-order valence-corrected chi connectivity index (χ1v) is 7.75. The summed E-state index contributed by atoms with van der Waals surface area (Å²) in [6.45, 7) is 3.93.